The maximum absolute atomic E-state index is 5.97. The topological polar surface area (TPSA) is 48.5 Å². The second-order valence-corrected chi connectivity index (χ2v) is 5.31. The van der Waals surface area contributed by atoms with Crippen LogP contribution in [0.2, 0.25) is 5.02 Å². The fourth-order valence-corrected chi connectivity index (χ4v) is 2.51. The molecule has 0 aromatic carbocycles. The van der Waals surface area contributed by atoms with E-state index in [1.165, 1.54) is 0 Å². The normalized spacial score (nSPS) is 11.3. The summed E-state index contributed by atoms with van der Waals surface area (Å²) in [4.78, 5) is 8.96. The highest BCUT2D eigenvalue weighted by molar-refractivity contribution is 6.31. The van der Waals surface area contributed by atoms with Gasteiger partial charge in [0, 0.05) is 31.7 Å². The van der Waals surface area contributed by atoms with E-state index < -0.39 is 0 Å². The number of nitrogens with zero attached hydrogens (tertiary/aromatic N) is 5. The van der Waals surface area contributed by atoms with Crippen molar-refractivity contribution in [2.75, 3.05) is 5.88 Å². The summed E-state index contributed by atoms with van der Waals surface area (Å²) in [5.41, 5.74) is 2.69. The van der Waals surface area contributed by atoms with Gasteiger partial charge in [0.1, 0.15) is 11.3 Å². The number of hydrogen-bond acceptors (Lipinski definition) is 3. The fourth-order valence-electron chi connectivity index (χ4n) is 2.19. The van der Waals surface area contributed by atoms with Gasteiger partial charge in [-0.15, -0.1) is 11.6 Å². The summed E-state index contributed by atoms with van der Waals surface area (Å²) in [7, 11) is 1.92. The highest BCUT2D eigenvalue weighted by Gasteiger charge is 2.13. The van der Waals surface area contributed by atoms with Gasteiger partial charge in [0.05, 0.1) is 17.3 Å². The van der Waals surface area contributed by atoms with Gasteiger partial charge in [0.15, 0.2) is 5.65 Å². The summed E-state index contributed by atoms with van der Waals surface area (Å²) >= 11 is 11.8. The molecular formula is C13H13Cl2N5. The lowest BCUT2D eigenvalue weighted by molar-refractivity contribution is 0.655. The Balaban J connectivity index is 2.11. The first-order valence-corrected chi connectivity index (χ1v) is 7.14. The van der Waals surface area contributed by atoms with Gasteiger partial charge < -0.3 is 4.57 Å². The molecule has 0 spiro atoms. The molecule has 0 fully saturated rings. The van der Waals surface area contributed by atoms with Crippen molar-refractivity contribution in [3.63, 3.8) is 0 Å². The molecule has 3 heterocycles. The Labute approximate surface area is 126 Å². The molecule has 0 aliphatic heterocycles. The summed E-state index contributed by atoms with van der Waals surface area (Å²) < 4.78 is 3.90. The van der Waals surface area contributed by atoms with Crippen LogP contribution >= 0.6 is 23.2 Å². The molecule has 20 heavy (non-hydrogen) atoms. The first-order chi connectivity index (χ1) is 9.69. The average molecular weight is 310 g/mol. The van der Waals surface area contributed by atoms with Crippen LogP contribution in [0.4, 0.5) is 0 Å². The second-order valence-electron chi connectivity index (χ2n) is 4.50. The van der Waals surface area contributed by atoms with Gasteiger partial charge in [0.2, 0.25) is 0 Å². The van der Waals surface area contributed by atoms with Gasteiger partial charge in [-0.3, -0.25) is 4.68 Å². The number of aromatic nitrogens is 5. The van der Waals surface area contributed by atoms with E-state index >= 15 is 0 Å². The van der Waals surface area contributed by atoms with Crippen LogP contribution < -0.4 is 0 Å². The van der Waals surface area contributed by atoms with E-state index in [-0.39, 0.29) is 0 Å². The summed E-state index contributed by atoms with van der Waals surface area (Å²) in [6.07, 6.45) is 4.10. The number of hydrogen-bond donors (Lipinski definition) is 0. The highest BCUT2D eigenvalue weighted by atomic mass is 35.5. The van der Waals surface area contributed by atoms with Gasteiger partial charge in [-0.25, -0.2) is 9.97 Å². The molecule has 3 aromatic rings. The lowest BCUT2D eigenvalue weighted by Crippen LogP contribution is -2.10. The predicted molar refractivity (Wildman–Crippen MR) is 79.3 cm³/mol. The standard InChI is InChI=1S/C13H13Cl2N5/c1-19-10(3-5-17-19)8-20-12(2-4-14)18-11-6-9(15)7-16-13(11)20/h3,5-7H,2,4,8H2,1H3. The number of halogens is 2. The smallest absolute Gasteiger partial charge is 0.160 e. The molecule has 0 saturated heterocycles. The second kappa shape index (κ2) is 5.42. The molecule has 0 aliphatic carbocycles. The van der Waals surface area contributed by atoms with Crippen LogP contribution in [0.15, 0.2) is 24.5 Å². The zero-order valence-electron chi connectivity index (χ0n) is 10.9. The molecule has 0 unspecified atom stereocenters. The minimum Gasteiger partial charge on any atom is -0.307 e. The quantitative estimate of drug-likeness (QED) is 0.696. The third kappa shape index (κ3) is 2.39. The largest absolute Gasteiger partial charge is 0.307 e. The van der Waals surface area contributed by atoms with Crippen LogP contribution in [-0.4, -0.2) is 30.2 Å². The molecule has 3 rings (SSSR count). The predicted octanol–water partition coefficient (Wildman–Crippen LogP) is 2.65. The first kappa shape index (κ1) is 13.4. The summed E-state index contributed by atoms with van der Waals surface area (Å²) in [6, 6.07) is 3.80. The third-order valence-corrected chi connectivity index (χ3v) is 3.59. The van der Waals surface area contributed by atoms with Crippen LogP contribution in [0.25, 0.3) is 11.2 Å². The van der Waals surface area contributed by atoms with Crippen molar-refractivity contribution in [2.24, 2.45) is 7.05 Å². The fraction of sp³-hybridized carbons (Fsp3) is 0.308. The summed E-state index contributed by atoms with van der Waals surface area (Å²) in [6.45, 7) is 0.661. The van der Waals surface area contributed by atoms with E-state index in [1.54, 1.807) is 12.4 Å². The highest BCUT2D eigenvalue weighted by Crippen LogP contribution is 2.20. The molecule has 3 aromatic heterocycles. The third-order valence-electron chi connectivity index (χ3n) is 3.19. The Kier molecular flexibility index (Phi) is 3.63. The number of aryl methyl sites for hydroxylation is 2. The van der Waals surface area contributed by atoms with Gasteiger partial charge in [-0.1, -0.05) is 11.6 Å². The van der Waals surface area contributed by atoms with E-state index in [4.69, 9.17) is 23.2 Å². The molecular weight excluding hydrogens is 297 g/mol. The Bertz CT molecular complexity index is 746. The number of fused-ring (bicyclic) bond motifs is 1. The van der Waals surface area contributed by atoms with Crippen LogP contribution in [0.3, 0.4) is 0 Å². The molecule has 0 amide bonds. The Hall–Kier alpha value is -1.59. The van der Waals surface area contributed by atoms with E-state index in [2.05, 4.69) is 19.6 Å². The molecule has 0 aliphatic rings. The average Bonchev–Trinajstić information content (AvgIpc) is 2.96. The molecule has 0 radical (unpaired) electrons. The molecule has 0 atom stereocenters. The molecule has 5 nitrogen and oxygen atoms in total. The minimum absolute atomic E-state index is 0.516. The Morgan fingerprint density at radius 2 is 2.20 bits per heavy atom. The van der Waals surface area contributed by atoms with E-state index in [1.807, 2.05) is 23.9 Å². The zero-order chi connectivity index (χ0) is 14.1. The van der Waals surface area contributed by atoms with Crippen molar-refractivity contribution in [3.8, 4) is 0 Å². The van der Waals surface area contributed by atoms with Crippen molar-refractivity contribution in [1.29, 1.82) is 0 Å². The lowest BCUT2D eigenvalue weighted by Gasteiger charge is -2.08. The van der Waals surface area contributed by atoms with Crippen molar-refractivity contribution in [1.82, 2.24) is 24.3 Å². The van der Waals surface area contributed by atoms with E-state index in [9.17, 15) is 0 Å². The zero-order valence-corrected chi connectivity index (χ0v) is 12.4. The van der Waals surface area contributed by atoms with Crippen LogP contribution in [0.5, 0.6) is 0 Å². The van der Waals surface area contributed by atoms with Crippen molar-refractivity contribution >= 4 is 34.4 Å². The molecule has 104 valence electrons. The first-order valence-electron chi connectivity index (χ1n) is 6.22. The molecule has 7 heteroatoms. The van der Waals surface area contributed by atoms with Crippen molar-refractivity contribution in [3.05, 3.63) is 41.1 Å². The number of imidazole rings is 1. The molecule has 0 bridgehead atoms. The van der Waals surface area contributed by atoms with Crippen LogP contribution in [0.1, 0.15) is 11.5 Å². The Morgan fingerprint density at radius 3 is 2.90 bits per heavy atom. The van der Waals surface area contributed by atoms with Gasteiger partial charge in [0.25, 0.3) is 0 Å². The van der Waals surface area contributed by atoms with E-state index in [0.29, 0.717) is 23.9 Å². The van der Waals surface area contributed by atoms with Crippen LogP contribution in [0, 0.1) is 0 Å². The molecule has 0 N–H and O–H groups in total. The number of alkyl halides is 1. The minimum atomic E-state index is 0.516. The molecule has 0 saturated carbocycles. The lowest BCUT2D eigenvalue weighted by atomic mass is 10.4. The summed E-state index contributed by atoms with van der Waals surface area (Å²) in [5.74, 6) is 1.42. The summed E-state index contributed by atoms with van der Waals surface area (Å²) in [5, 5.41) is 4.77. The van der Waals surface area contributed by atoms with E-state index in [0.717, 1.165) is 22.7 Å². The maximum Gasteiger partial charge on any atom is 0.160 e. The van der Waals surface area contributed by atoms with Crippen LogP contribution in [-0.2, 0) is 20.0 Å². The number of pyridine rings is 1. The SMILES string of the molecule is Cn1nccc1Cn1c(CCCl)nc2cc(Cl)cnc21. The van der Waals surface area contributed by atoms with Gasteiger partial charge >= 0.3 is 0 Å². The van der Waals surface area contributed by atoms with Gasteiger partial charge in [-0.05, 0) is 12.1 Å². The van der Waals surface area contributed by atoms with Crippen molar-refractivity contribution < 1.29 is 0 Å². The monoisotopic (exact) mass is 309 g/mol. The van der Waals surface area contributed by atoms with Crippen molar-refractivity contribution in [2.45, 2.75) is 13.0 Å². The van der Waals surface area contributed by atoms with Gasteiger partial charge in [-0.2, -0.15) is 5.10 Å². The Morgan fingerprint density at radius 1 is 1.35 bits per heavy atom. The maximum atomic E-state index is 5.97. The number of rotatable bonds is 4.